The van der Waals surface area contributed by atoms with Crippen molar-refractivity contribution < 1.29 is 9.47 Å². The average molecular weight is 193 g/mol. The van der Waals surface area contributed by atoms with Gasteiger partial charge < -0.3 is 15.2 Å². The molecular formula is C11H15NO2. The molecule has 3 heteroatoms. The monoisotopic (exact) mass is 193 g/mol. The highest BCUT2D eigenvalue weighted by molar-refractivity contribution is 5.52. The minimum Gasteiger partial charge on any atom is -0.454 e. The molecule has 0 saturated carbocycles. The maximum Gasteiger partial charge on any atom is 0.231 e. The second-order valence-electron chi connectivity index (χ2n) is 3.72. The number of benzene rings is 1. The Bertz CT molecular complexity index is 349. The first-order valence-corrected chi connectivity index (χ1v) is 4.82. The first kappa shape index (κ1) is 9.34. The quantitative estimate of drug-likeness (QED) is 0.778. The normalized spacial score (nSPS) is 15.6. The van der Waals surface area contributed by atoms with Gasteiger partial charge in [-0.1, -0.05) is 13.0 Å². The molecule has 1 aromatic rings. The van der Waals surface area contributed by atoms with E-state index in [0.717, 1.165) is 17.1 Å². The molecular weight excluding hydrogens is 178 g/mol. The lowest BCUT2D eigenvalue weighted by atomic mass is 9.98. The van der Waals surface area contributed by atoms with E-state index < -0.39 is 0 Å². The van der Waals surface area contributed by atoms with Gasteiger partial charge in [-0.3, -0.25) is 0 Å². The SMILES string of the molecule is Cc1cc2c(c(C(C)CN)c1)OCO2. The van der Waals surface area contributed by atoms with Crippen LogP contribution in [0.4, 0.5) is 0 Å². The molecule has 2 rings (SSSR count). The van der Waals surface area contributed by atoms with E-state index in [1.165, 1.54) is 5.56 Å². The molecule has 0 aromatic heterocycles. The van der Waals surface area contributed by atoms with Gasteiger partial charge in [0.1, 0.15) is 0 Å². The molecule has 1 aliphatic heterocycles. The lowest BCUT2D eigenvalue weighted by molar-refractivity contribution is 0.173. The highest BCUT2D eigenvalue weighted by Gasteiger charge is 2.20. The minimum absolute atomic E-state index is 0.311. The van der Waals surface area contributed by atoms with Crippen molar-refractivity contribution in [1.29, 1.82) is 0 Å². The zero-order valence-electron chi connectivity index (χ0n) is 8.54. The number of fused-ring (bicyclic) bond motifs is 1. The van der Waals surface area contributed by atoms with Crippen LogP contribution in [0.15, 0.2) is 12.1 Å². The predicted octanol–water partition coefficient (Wildman–Crippen LogP) is 1.79. The van der Waals surface area contributed by atoms with Gasteiger partial charge in [-0.25, -0.2) is 0 Å². The van der Waals surface area contributed by atoms with Crippen LogP contribution in [0.3, 0.4) is 0 Å². The summed E-state index contributed by atoms with van der Waals surface area (Å²) in [5.41, 5.74) is 7.99. The van der Waals surface area contributed by atoms with E-state index in [2.05, 4.69) is 19.9 Å². The molecule has 0 aliphatic carbocycles. The number of rotatable bonds is 2. The van der Waals surface area contributed by atoms with Crippen molar-refractivity contribution in [3.05, 3.63) is 23.3 Å². The fourth-order valence-corrected chi connectivity index (χ4v) is 1.67. The molecule has 0 amide bonds. The van der Waals surface area contributed by atoms with E-state index in [-0.39, 0.29) is 0 Å². The van der Waals surface area contributed by atoms with Crippen LogP contribution in [-0.2, 0) is 0 Å². The molecule has 14 heavy (non-hydrogen) atoms. The lowest BCUT2D eigenvalue weighted by Gasteiger charge is -2.12. The van der Waals surface area contributed by atoms with Gasteiger partial charge in [0.15, 0.2) is 11.5 Å². The molecule has 1 aliphatic rings. The molecule has 0 fully saturated rings. The second-order valence-corrected chi connectivity index (χ2v) is 3.72. The predicted molar refractivity (Wildman–Crippen MR) is 54.8 cm³/mol. The van der Waals surface area contributed by atoms with Crippen molar-refractivity contribution in [2.45, 2.75) is 19.8 Å². The lowest BCUT2D eigenvalue weighted by Crippen LogP contribution is -2.09. The van der Waals surface area contributed by atoms with Crippen molar-refractivity contribution >= 4 is 0 Å². The molecule has 0 bridgehead atoms. The van der Waals surface area contributed by atoms with Crippen molar-refractivity contribution in [2.24, 2.45) is 5.73 Å². The number of aryl methyl sites for hydroxylation is 1. The number of ether oxygens (including phenoxy) is 2. The topological polar surface area (TPSA) is 44.5 Å². The van der Waals surface area contributed by atoms with Crippen molar-refractivity contribution in [3.8, 4) is 11.5 Å². The van der Waals surface area contributed by atoms with Crippen LogP contribution in [0.5, 0.6) is 11.5 Å². The molecule has 2 N–H and O–H groups in total. The van der Waals surface area contributed by atoms with Gasteiger partial charge in [-0.2, -0.15) is 0 Å². The first-order valence-electron chi connectivity index (χ1n) is 4.82. The molecule has 0 radical (unpaired) electrons. The van der Waals surface area contributed by atoms with Gasteiger partial charge in [0.25, 0.3) is 0 Å². The highest BCUT2D eigenvalue weighted by Crippen LogP contribution is 2.39. The summed E-state index contributed by atoms with van der Waals surface area (Å²) in [5.74, 6) is 2.03. The van der Waals surface area contributed by atoms with Crippen LogP contribution in [0.1, 0.15) is 24.0 Å². The molecule has 0 saturated heterocycles. The Balaban J connectivity index is 2.48. The summed E-state index contributed by atoms with van der Waals surface area (Å²) in [7, 11) is 0. The summed E-state index contributed by atoms with van der Waals surface area (Å²) in [6, 6.07) is 4.11. The van der Waals surface area contributed by atoms with Gasteiger partial charge in [-0.15, -0.1) is 0 Å². The Hall–Kier alpha value is -1.22. The summed E-state index contributed by atoms with van der Waals surface area (Å²) < 4.78 is 10.8. The van der Waals surface area contributed by atoms with Gasteiger partial charge in [0, 0.05) is 5.56 Å². The molecule has 1 heterocycles. The standard InChI is InChI=1S/C11H15NO2/c1-7-3-9(8(2)5-12)11-10(4-7)13-6-14-11/h3-4,8H,5-6,12H2,1-2H3. The fourth-order valence-electron chi connectivity index (χ4n) is 1.67. The zero-order valence-corrected chi connectivity index (χ0v) is 8.54. The second kappa shape index (κ2) is 3.50. The van der Waals surface area contributed by atoms with Gasteiger partial charge >= 0.3 is 0 Å². The highest BCUT2D eigenvalue weighted by atomic mass is 16.7. The molecule has 3 nitrogen and oxygen atoms in total. The molecule has 1 unspecified atom stereocenters. The number of hydrogen-bond acceptors (Lipinski definition) is 3. The Morgan fingerprint density at radius 1 is 1.43 bits per heavy atom. The third kappa shape index (κ3) is 1.44. The number of hydrogen-bond donors (Lipinski definition) is 1. The Kier molecular flexibility index (Phi) is 2.33. The van der Waals surface area contributed by atoms with Crippen molar-refractivity contribution in [2.75, 3.05) is 13.3 Å². The summed E-state index contributed by atoms with van der Waals surface area (Å²) in [4.78, 5) is 0. The Morgan fingerprint density at radius 2 is 2.21 bits per heavy atom. The van der Waals surface area contributed by atoms with E-state index >= 15 is 0 Å². The van der Waals surface area contributed by atoms with Gasteiger partial charge in [-0.05, 0) is 31.0 Å². The van der Waals surface area contributed by atoms with Crippen molar-refractivity contribution in [3.63, 3.8) is 0 Å². The summed E-state index contributed by atoms with van der Waals surface area (Å²) in [6.45, 7) is 5.09. The van der Waals surface area contributed by atoms with E-state index in [4.69, 9.17) is 15.2 Å². The third-order valence-electron chi connectivity index (χ3n) is 2.53. The van der Waals surface area contributed by atoms with E-state index in [0.29, 0.717) is 19.3 Å². The zero-order chi connectivity index (χ0) is 10.1. The minimum atomic E-state index is 0.311. The van der Waals surface area contributed by atoms with Gasteiger partial charge in [0.05, 0.1) is 0 Å². The van der Waals surface area contributed by atoms with Crippen LogP contribution in [0.2, 0.25) is 0 Å². The van der Waals surface area contributed by atoms with E-state index in [9.17, 15) is 0 Å². The van der Waals surface area contributed by atoms with Gasteiger partial charge in [0.2, 0.25) is 6.79 Å². The molecule has 1 aromatic carbocycles. The number of nitrogens with two attached hydrogens (primary N) is 1. The Morgan fingerprint density at radius 3 is 2.93 bits per heavy atom. The maximum atomic E-state index is 5.65. The van der Waals surface area contributed by atoms with Crippen molar-refractivity contribution in [1.82, 2.24) is 0 Å². The first-order chi connectivity index (χ1) is 6.72. The fraction of sp³-hybridized carbons (Fsp3) is 0.455. The van der Waals surface area contributed by atoms with Crippen LogP contribution >= 0.6 is 0 Å². The maximum absolute atomic E-state index is 5.65. The molecule has 0 spiro atoms. The third-order valence-corrected chi connectivity index (χ3v) is 2.53. The average Bonchev–Trinajstić information content (AvgIpc) is 2.62. The van der Waals surface area contributed by atoms with Crippen LogP contribution in [0, 0.1) is 6.92 Å². The smallest absolute Gasteiger partial charge is 0.231 e. The summed E-state index contributed by atoms with van der Waals surface area (Å²) >= 11 is 0. The Labute approximate surface area is 83.8 Å². The summed E-state index contributed by atoms with van der Waals surface area (Å²) in [6.07, 6.45) is 0. The molecule has 1 atom stereocenters. The molecule has 76 valence electrons. The largest absolute Gasteiger partial charge is 0.454 e. The van der Waals surface area contributed by atoms with E-state index in [1.807, 2.05) is 6.07 Å². The van der Waals surface area contributed by atoms with Crippen LogP contribution in [0.25, 0.3) is 0 Å². The van der Waals surface area contributed by atoms with Crippen LogP contribution in [-0.4, -0.2) is 13.3 Å². The summed E-state index contributed by atoms with van der Waals surface area (Å²) in [5, 5.41) is 0. The van der Waals surface area contributed by atoms with E-state index in [1.54, 1.807) is 0 Å². The van der Waals surface area contributed by atoms with Crippen LogP contribution < -0.4 is 15.2 Å².